The van der Waals surface area contributed by atoms with Crippen LogP contribution in [0, 0.1) is 0 Å². The second kappa shape index (κ2) is 43.9. The Morgan fingerprint density at radius 1 is 0.500 bits per heavy atom. The Bertz CT molecular complexity index is 1330. The summed E-state index contributed by atoms with van der Waals surface area (Å²) in [6.45, 7) is 4.53. The molecule has 0 saturated heterocycles. The van der Waals surface area contributed by atoms with Gasteiger partial charge in [0, 0.05) is 19.3 Å². The second-order valence-electron chi connectivity index (χ2n) is 17.0. The van der Waals surface area contributed by atoms with Gasteiger partial charge < -0.3 is 23.8 Å². The van der Waals surface area contributed by atoms with Gasteiger partial charge >= 0.3 is 17.9 Å². The van der Waals surface area contributed by atoms with Gasteiger partial charge in [0.1, 0.15) is 6.61 Å². The van der Waals surface area contributed by atoms with Gasteiger partial charge in [0.25, 0.3) is 0 Å². The average Bonchev–Trinajstić information content (AvgIpc) is 3.23. The van der Waals surface area contributed by atoms with Crippen molar-refractivity contribution in [2.75, 3.05) is 41.0 Å². The minimum Gasteiger partial charge on any atom is -0.477 e. The molecule has 2 atom stereocenters. The Morgan fingerprint density at radius 3 is 1.37 bits per heavy atom. The summed E-state index contributed by atoms with van der Waals surface area (Å²) < 4.78 is 17.3. The van der Waals surface area contributed by atoms with E-state index >= 15 is 0 Å². The lowest BCUT2D eigenvalue weighted by molar-refractivity contribution is -0.887. The van der Waals surface area contributed by atoms with Crippen LogP contribution in [0.25, 0.3) is 0 Å². The number of quaternary nitrogens is 1. The summed E-state index contributed by atoms with van der Waals surface area (Å²) >= 11 is 0. The topological polar surface area (TPSA) is 99.1 Å². The lowest BCUT2D eigenvalue weighted by atomic mass is 10.1. The molecule has 0 rings (SSSR count). The summed E-state index contributed by atoms with van der Waals surface area (Å²) in [6.07, 6.45) is 58.8. The number of esters is 2. The Hall–Kier alpha value is -3.75. The zero-order valence-electron chi connectivity index (χ0n) is 40.0. The van der Waals surface area contributed by atoms with E-state index in [1.54, 1.807) is 0 Å². The van der Waals surface area contributed by atoms with Crippen LogP contribution in [-0.2, 0) is 28.6 Å². The van der Waals surface area contributed by atoms with Gasteiger partial charge in [-0.2, -0.15) is 0 Å². The molecule has 0 aliphatic rings. The molecule has 0 aromatic rings. The fourth-order valence-electron chi connectivity index (χ4n) is 6.48. The lowest BCUT2D eigenvalue weighted by Crippen LogP contribution is -2.50. The van der Waals surface area contributed by atoms with E-state index in [0.717, 1.165) is 83.5 Å². The molecule has 0 amide bonds. The highest BCUT2D eigenvalue weighted by Gasteiger charge is 2.31. The Kier molecular flexibility index (Phi) is 41.2. The van der Waals surface area contributed by atoms with Crippen molar-refractivity contribution in [1.29, 1.82) is 0 Å². The largest absolute Gasteiger partial charge is 0.477 e. The summed E-state index contributed by atoms with van der Waals surface area (Å²) in [4.78, 5) is 37.1. The maximum absolute atomic E-state index is 12.8. The maximum atomic E-state index is 12.8. The predicted molar refractivity (Wildman–Crippen MR) is 261 cm³/mol. The standard InChI is InChI=1S/C54H89NO7/c1-6-8-10-12-14-16-18-20-22-24-25-26-27-29-31-33-35-37-39-41-43-45-53(57)62-50(48-60-47-46-51(54(58)59)55(3,4)5)49-61-52(56)44-42-40-38-36-34-32-30-28-23-21-19-17-15-13-11-9-7-2/h8,10,14-17,20-23,25-26,29,31,35,37,50-51H,6-7,9,11-13,18-19,24,27-28,30,32-34,36,38-49H2,1-5H3/p+1/b10-8+,16-14+,17-15+,22-20+,23-21+,26-25+,31-29+,37-35+. The molecule has 0 bridgehead atoms. The van der Waals surface area contributed by atoms with E-state index in [-0.39, 0.29) is 42.7 Å². The Morgan fingerprint density at radius 2 is 0.903 bits per heavy atom. The molecule has 0 spiro atoms. The van der Waals surface area contributed by atoms with Crippen molar-refractivity contribution in [2.24, 2.45) is 0 Å². The highest BCUT2D eigenvalue weighted by atomic mass is 16.6. The van der Waals surface area contributed by atoms with Crippen LogP contribution in [0.3, 0.4) is 0 Å². The number of nitrogens with zero attached hydrogens (tertiary/aromatic N) is 1. The molecule has 352 valence electrons. The van der Waals surface area contributed by atoms with Crippen molar-refractivity contribution < 1.29 is 38.2 Å². The molecule has 1 N–H and O–H groups in total. The van der Waals surface area contributed by atoms with Crippen molar-refractivity contribution in [3.8, 4) is 0 Å². The Labute approximate surface area is 379 Å². The van der Waals surface area contributed by atoms with E-state index in [1.807, 2.05) is 21.1 Å². The van der Waals surface area contributed by atoms with Gasteiger partial charge in [-0.15, -0.1) is 0 Å². The first-order valence-corrected chi connectivity index (χ1v) is 24.3. The molecule has 0 aromatic heterocycles. The van der Waals surface area contributed by atoms with Crippen LogP contribution in [0.1, 0.15) is 174 Å². The van der Waals surface area contributed by atoms with E-state index in [9.17, 15) is 19.5 Å². The molecule has 62 heavy (non-hydrogen) atoms. The SMILES string of the molecule is CC/C=C/C/C=C/C/C=C/C/C=C/C/C=C/C/C=C/CCCCC(=O)OC(COCCC(C(=O)O)[N+](C)(C)C)COC(=O)CCCCCCCCC/C=C/C/C=C/CCCCC. The summed E-state index contributed by atoms with van der Waals surface area (Å²) in [5.41, 5.74) is 0. The molecule has 0 heterocycles. The highest BCUT2D eigenvalue weighted by Crippen LogP contribution is 2.13. The quantitative estimate of drug-likeness (QED) is 0.0282. The van der Waals surface area contributed by atoms with Gasteiger partial charge in [-0.1, -0.05) is 156 Å². The third kappa shape index (κ3) is 41.6. The van der Waals surface area contributed by atoms with Gasteiger partial charge in [-0.3, -0.25) is 9.59 Å². The van der Waals surface area contributed by atoms with Gasteiger partial charge in [0.2, 0.25) is 0 Å². The number of unbranched alkanes of at least 4 members (excludes halogenated alkanes) is 12. The molecule has 0 saturated carbocycles. The number of carbonyl (C=O) groups is 3. The number of hydrogen-bond donors (Lipinski definition) is 1. The van der Waals surface area contributed by atoms with Crippen molar-refractivity contribution >= 4 is 17.9 Å². The third-order valence-corrected chi connectivity index (χ3v) is 10.2. The number of carboxylic acids is 1. The molecule has 0 aromatic carbocycles. The number of rotatable bonds is 42. The third-order valence-electron chi connectivity index (χ3n) is 10.2. The molecule has 2 unspecified atom stereocenters. The number of likely N-dealkylation sites (N-methyl/N-ethyl adjacent to an activating group) is 1. The smallest absolute Gasteiger partial charge is 0.362 e. The van der Waals surface area contributed by atoms with Crippen LogP contribution < -0.4 is 0 Å². The van der Waals surface area contributed by atoms with Crippen LogP contribution in [-0.4, -0.2) is 80.6 Å². The molecule has 0 aliphatic carbocycles. The predicted octanol–water partition coefficient (Wildman–Crippen LogP) is 13.9. The normalized spacial score (nSPS) is 13.8. The first-order valence-electron chi connectivity index (χ1n) is 24.3. The zero-order valence-corrected chi connectivity index (χ0v) is 40.0. The van der Waals surface area contributed by atoms with Crippen LogP contribution in [0.4, 0.5) is 0 Å². The average molecular weight is 865 g/mol. The number of aliphatic carboxylic acids is 1. The minimum absolute atomic E-state index is 0.0347. The molecule has 0 radical (unpaired) electrons. The van der Waals surface area contributed by atoms with Gasteiger partial charge in [0.05, 0.1) is 34.4 Å². The fourth-order valence-corrected chi connectivity index (χ4v) is 6.48. The number of carboxylic acid groups (broad SMARTS) is 1. The zero-order chi connectivity index (χ0) is 45.6. The van der Waals surface area contributed by atoms with Crippen molar-refractivity contribution in [3.05, 3.63) is 97.2 Å². The summed E-state index contributed by atoms with van der Waals surface area (Å²) in [5, 5.41) is 9.64. The number of allylic oxidation sites excluding steroid dienone is 16. The summed E-state index contributed by atoms with van der Waals surface area (Å²) in [6, 6.07) is -0.630. The molecule has 8 nitrogen and oxygen atoms in total. The number of carbonyl (C=O) groups excluding carboxylic acids is 2. The van der Waals surface area contributed by atoms with Crippen LogP contribution in [0.15, 0.2) is 97.2 Å². The second-order valence-corrected chi connectivity index (χ2v) is 17.0. The molecular weight excluding hydrogens is 775 g/mol. The molecule has 0 aliphatic heterocycles. The Balaban J connectivity index is 4.42. The molecule has 0 fully saturated rings. The first-order chi connectivity index (χ1) is 30.1. The van der Waals surface area contributed by atoms with Gasteiger partial charge in [-0.05, 0) is 96.3 Å². The van der Waals surface area contributed by atoms with Crippen molar-refractivity contribution in [2.45, 2.75) is 187 Å². The monoisotopic (exact) mass is 865 g/mol. The highest BCUT2D eigenvalue weighted by molar-refractivity contribution is 5.72. The van der Waals surface area contributed by atoms with Crippen LogP contribution >= 0.6 is 0 Å². The van der Waals surface area contributed by atoms with Crippen molar-refractivity contribution in [1.82, 2.24) is 0 Å². The minimum atomic E-state index is -0.887. The van der Waals surface area contributed by atoms with E-state index in [4.69, 9.17) is 14.2 Å². The molecule has 8 heteroatoms. The number of hydrogen-bond acceptors (Lipinski definition) is 6. The van der Waals surface area contributed by atoms with E-state index in [2.05, 4.69) is 111 Å². The van der Waals surface area contributed by atoms with E-state index < -0.39 is 18.1 Å². The van der Waals surface area contributed by atoms with Crippen LogP contribution in [0.5, 0.6) is 0 Å². The van der Waals surface area contributed by atoms with E-state index in [1.165, 1.54) is 51.4 Å². The number of ether oxygens (including phenoxy) is 3. The maximum Gasteiger partial charge on any atom is 0.362 e. The summed E-state index contributed by atoms with van der Waals surface area (Å²) in [7, 11) is 5.50. The van der Waals surface area contributed by atoms with Gasteiger partial charge in [-0.25, -0.2) is 4.79 Å². The first kappa shape index (κ1) is 58.2. The summed E-state index contributed by atoms with van der Waals surface area (Å²) in [5.74, 6) is -1.55. The molecular formula is C54H90NO7+. The van der Waals surface area contributed by atoms with Crippen molar-refractivity contribution in [3.63, 3.8) is 0 Å². The van der Waals surface area contributed by atoms with Gasteiger partial charge in [0.15, 0.2) is 12.1 Å². The van der Waals surface area contributed by atoms with E-state index in [0.29, 0.717) is 19.3 Å². The van der Waals surface area contributed by atoms with Crippen LogP contribution in [0.2, 0.25) is 0 Å². The fraction of sp³-hybridized carbons (Fsp3) is 0.648. The lowest BCUT2D eigenvalue weighted by Gasteiger charge is -2.31.